The molecule has 8 nitrogen and oxygen atoms in total. The Balaban J connectivity index is 1.61. The van der Waals surface area contributed by atoms with E-state index in [9.17, 15) is 18.0 Å². The van der Waals surface area contributed by atoms with Crippen LogP contribution in [0.25, 0.3) is 10.9 Å². The fraction of sp³-hybridized carbons (Fsp3) is 0.483. The lowest BCUT2D eigenvalue weighted by Crippen LogP contribution is -2.51. The van der Waals surface area contributed by atoms with E-state index in [0.717, 1.165) is 5.56 Å². The van der Waals surface area contributed by atoms with E-state index in [2.05, 4.69) is 4.98 Å². The van der Waals surface area contributed by atoms with Gasteiger partial charge in [-0.3, -0.25) is 0 Å². The molecule has 1 N–H and O–H groups in total. The van der Waals surface area contributed by atoms with Crippen LogP contribution in [0, 0.1) is 0 Å². The number of rotatable bonds is 7. The highest BCUT2D eigenvalue weighted by atomic mass is 19.4. The number of morpholine rings is 1. The third kappa shape index (κ3) is 5.39. The van der Waals surface area contributed by atoms with E-state index in [1.54, 1.807) is 34.1 Å². The number of hydrogen-bond acceptors (Lipinski definition) is 5. The molecule has 2 atom stereocenters. The molecule has 0 spiro atoms. The lowest BCUT2D eigenvalue weighted by Gasteiger charge is -2.42. The van der Waals surface area contributed by atoms with Crippen molar-refractivity contribution >= 4 is 16.9 Å². The zero-order valence-corrected chi connectivity index (χ0v) is 22.8. The lowest BCUT2D eigenvalue weighted by atomic mass is 9.83. The van der Waals surface area contributed by atoms with Crippen molar-refractivity contribution in [1.82, 2.24) is 14.8 Å². The van der Waals surface area contributed by atoms with Crippen LogP contribution < -0.4 is 14.2 Å². The number of carbonyl (C=O) groups is 1. The van der Waals surface area contributed by atoms with Gasteiger partial charge in [-0.1, -0.05) is 0 Å². The van der Waals surface area contributed by atoms with Gasteiger partial charge in [0.25, 0.3) is 0 Å². The van der Waals surface area contributed by atoms with Crippen LogP contribution in [0.4, 0.5) is 18.0 Å². The van der Waals surface area contributed by atoms with Gasteiger partial charge in [0.1, 0.15) is 5.75 Å². The summed E-state index contributed by atoms with van der Waals surface area (Å²) in [6.45, 7) is 4.06. The monoisotopic (exact) mass is 561 g/mol. The summed E-state index contributed by atoms with van der Waals surface area (Å²) in [7, 11) is 3.01. The second-order valence-electron chi connectivity index (χ2n) is 9.96. The highest BCUT2D eigenvalue weighted by molar-refractivity contribution is 5.85. The van der Waals surface area contributed by atoms with Gasteiger partial charge in [0, 0.05) is 36.7 Å². The first-order valence-electron chi connectivity index (χ1n) is 13.4. The molecule has 3 aromatic rings. The van der Waals surface area contributed by atoms with Gasteiger partial charge in [-0.25, -0.2) is 4.79 Å². The molecule has 0 radical (unpaired) electrons. The Bertz CT molecular complexity index is 1350. The maximum absolute atomic E-state index is 14.9. The third-order valence-corrected chi connectivity index (χ3v) is 7.76. The van der Waals surface area contributed by atoms with E-state index in [-0.39, 0.29) is 24.6 Å². The molecule has 0 aliphatic carbocycles. The molecule has 2 unspecified atom stereocenters. The number of carbonyl (C=O) groups excluding carboxylic acids is 1. The quantitative estimate of drug-likeness (QED) is 0.402. The van der Waals surface area contributed by atoms with Crippen molar-refractivity contribution < 1.29 is 36.9 Å². The van der Waals surface area contributed by atoms with E-state index in [0.29, 0.717) is 73.0 Å². The third-order valence-electron chi connectivity index (χ3n) is 7.76. The van der Waals surface area contributed by atoms with Crippen molar-refractivity contribution in [3.63, 3.8) is 0 Å². The number of hydrogen-bond donors (Lipinski definition) is 1. The normalized spacial score (nSPS) is 18.4. The van der Waals surface area contributed by atoms with Gasteiger partial charge in [0.05, 0.1) is 46.0 Å². The first-order valence-corrected chi connectivity index (χ1v) is 13.4. The van der Waals surface area contributed by atoms with Gasteiger partial charge in [-0.2, -0.15) is 13.2 Å². The van der Waals surface area contributed by atoms with E-state index in [4.69, 9.17) is 18.9 Å². The van der Waals surface area contributed by atoms with Gasteiger partial charge in [0.15, 0.2) is 11.5 Å². The van der Waals surface area contributed by atoms with Crippen molar-refractivity contribution in [2.45, 2.75) is 37.9 Å². The zero-order valence-electron chi connectivity index (χ0n) is 22.8. The van der Waals surface area contributed by atoms with Crippen molar-refractivity contribution in [1.29, 1.82) is 0 Å². The molecule has 5 rings (SSSR count). The molecule has 1 fully saturated rings. The van der Waals surface area contributed by atoms with Crippen LogP contribution in [-0.2, 0) is 11.2 Å². The van der Waals surface area contributed by atoms with Crippen LogP contribution in [0.3, 0.4) is 0 Å². The van der Waals surface area contributed by atoms with Crippen LogP contribution in [0.5, 0.6) is 17.2 Å². The lowest BCUT2D eigenvalue weighted by molar-refractivity contribution is -0.154. The van der Waals surface area contributed by atoms with Crippen LogP contribution in [0.1, 0.15) is 42.0 Å². The van der Waals surface area contributed by atoms with E-state index < -0.39 is 18.1 Å². The van der Waals surface area contributed by atoms with Crippen molar-refractivity contribution in [2.75, 3.05) is 53.7 Å². The first kappa shape index (κ1) is 27.9. The average Bonchev–Trinajstić information content (AvgIpc) is 3.37. The van der Waals surface area contributed by atoms with E-state index >= 15 is 0 Å². The molecule has 2 aliphatic heterocycles. The number of ether oxygens (including phenoxy) is 4. The second-order valence-corrected chi connectivity index (χ2v) is 9.96. The van der Waals surface area contributed by atoms with Crippen LogP contribution in [0.2, 0.25) is 0 Å². The standard InChI is InChI=1S/C29H34F3N3O5/c1-4-40-27-15-20-18(13-26(27)38-3)7-8-35(28(36)34-9-11-39-12-10-34)25(20)16-23(29(30,31)32)22-17-33-24-6-5-19(37-2)14-21(22)24/h5-6,13-15,17,23,25,33H,4,7-12,16H2,1-3H3. The maximum atomic E-state index is 14.9. The van der Waals surface area contributed by atoms with Crippen molar-refractivity contribution in [3.05, 3.63) is 53.2 Å². The summed E-state index contributed by atoms with van der Waals surface area (Å²) in [6.07, 6.45) is -3.02. The number of nitrogens with zero attached hydrogens (tertiary/aromatic N) is 2. The molecule has 11 heteroatoms. The minimum Gasteiger partial charge on any atom is -0.497 e. The molecule has 40 heavy (non-hydrogen) atoms. The number of methoxy groups -OCH3 is 2. The predicted octanol–water partition coefficient (Wildman–Crippen LogP) is 5.67. The predicted molar refractivity (Wildman–Crippen MR) is 143 cm³/mol. The van der Waals surface area contributed by atoms with Crippen molar-refractivity contribution in [2.24, 2.45) is 0 Å². The minimum atomic E-state index is -4.57. The Kier molecular flexibility index (Phi) is 8.02. The Hall–Kier alpha value is -3.60. The van der Waals surface area contributed by atoms with Crippen LogP contribution >= 0.6 is 0 Å². The zero-order chi connectivity index (χ0) is 28.4. The van der Waals surface area contributed by atoms with Gasteiger partial charge in [-0.15, -0.1) is 0 Å². The topological polar surface area (TPSA) is 76.3 Å². The number of nitrogens with one attached hydrogen (secondary N) is 1. The molecule has 1 aromatic heterocycles. The molecule has 0 bridgehead atoms. The Morgan fingerprint density at radius 1 is 1.10 bits per heavy atom. The smallest absolute Gasteiger partial charge is 0.395 e. The number of amides is 2. The number of H-pyrrole nitrogens is 1. The summed E-state index contributed by atoms with van der Waals surface area (Å²) < 4.78 is 66.7. The molecular weight excluding hydrogens is 527 g/mol. The summed E-state index contributed by atoms with van der Waals surface area (Å²) >= 11 is 0. The Morgan fingerprint density at radius 3 is 2.55 bits per heavy atom. The van der Waals surface area contributed by atoms with E-state index in [1.165, 1.54) is 20.4 Å². The number of halogens is 3. The summed E-state index contributed by atoms with van der Waals surface area (Å²) in [5.74, 6) is -0.421. The number of urea groups is 1. The highest BCUT2D eigenvalue weighted by Gasteiger charge is 2.46. The SMILES string of the molecule is CCOc1cc2c(cc1OC)CCN(C(=O)N1CCOCC1)C2CC(c1c[nH]c2ccc(OC)cc12)C(F)(F)F. The molecule has 2 aromatic carbocycles. The molecule has 0 saturated carbocycles. The fourth-order valence-corrected chi connectivity index (χ4v) is 5.75. The number of aromatic amines is 1. The second kappa shape index (κ2) is 11.5. The van der Waals surface area contributed by atoms with E-state index in [1.807, 2.05) is 13.0 Å². The highest BCUT2D eigenvalue weighted by Crippen LogP contribution is 2.48. The first-order chi connectivity index (χ1) is 19.2. The summed E-state index contributed by atoms with van der Waals surface area (Å²) in [5.41, 5.74) is 2.19. The minimum absolute atomic E-state index is 0.117. The molecular formula is C29H34F3N3O5. The average molecular weight is 562 g/mol. The van der Waals surface area contributed by atoms with Crippen LogP contribution in [-0.4, -0.2) is 80.7 Å². The molecule has 216 valence electrons. The van der Waals surface area contributed by atoms with Gasteiger partial charge >= 0.3 is 12.2 Å². The van der Waals surface area contributed by atoms with Crippen LogP contribution in [0.15, 0.2) is 36.5 Å². The number of alkyl halides is 3. The van der Waals surface area contributed by atoms with Gasteiger partial charge in [-0.05, 0) is 66.8 Å². The number of aromatic nitrogens is 1. The molecule has 1 saturated heterocycles. The maximum Gasteiger partial charge on any atom is 0.395 e. The molecule has 2 amide bonds. The summed E-state index contributed by atoms with van der Waals surface area (Å²) in [5, 5.41) is 0.438. The Morgan fingerprint density at radius 2 is 1.88 bits per heavy atom. The largest absolute Gasteiger partial charge is 0.497 e. The molecule has 3 heterocycles. The fourth-order valence-electron chi connectivity index (χ4n) is 5.75. The molecule has 2 aliphatic rings. The summed E-state index contributed by atoms with van der Waals surface area (Å²) in [4.78, 5) is 20.0. The van der Waals surface area contributed by atoms with Gasteiger partial charge in [0.2, 0.25) is 0 Å². The Labute approximate surface area is 230 Å². The van der Waals surface area contributed by atoms with Gasteiger partial charge < -0.3 is 33.7 Å². The summed E-state index contributed by atoms with van der Waals surface area (Å²) in [6, 6.07) is 7.46. The van der Waals surface area contributed by atoms with Crippen molar-refractivity contribution in [3.8, 4) is 17.2 Å². The number of benzene rings is 2. The number of fused-ring (bicyclic) bond motifs is 2.